The minimum Gasteiger partial charge on any atom is -0.495 e. The maximum Gasteiger partial charge on any atom is 0.433 e. The van der Waals surface area contributed by atoms with E-state index in [0.29, 0.717) is 41.8 Å². The van der Waals surface area contributed by atoms with Gasteiger partial charge in [0.25, 0.3) is 11.8 Å². The number of piperidine rings is 2. The summed E-state index contributed by atoms with van der Waals surface area (Å²) in [6.45, 7) is 7.35. The maximum atomic E-state index is 16.4. The standard InChI is InChI=1S/C53H52ClF4N7O6/c1-50(2,3)23-41-52(26-60-37-21-40(53(56,57)58)59-24-34(37)52)43(32-10-6-11-35(54)44(32)55)45(62-41)47(68)61-36-15-13-29(20-39(36)71-4)48(69)64-19-7-18-51(27-64)22-30(51)14-12-28-8-5-9-31-33(28)25-65(49(31)70)38-16-17-42(66)63-46(38)67/h5-6,8-11,13,15,20-21,24,30,38,41,43,45,60,62H,7,16-19,22-23,25-27H2,1-4H3,(H,61,68)(H,63,66,67)/t30-,38?,41-,43-,45+,51-,52-/m0/s1. The molecule has 4 aromatic rings. The lowest BCUT2D eigenvalue weighted by molar-refractivity contribution is -0.141. The highest BCUT2D eigenvalue weighted by Gasteiger charge is 2.62. The van der Waals surface area contributed by atoms with Crippen LogP contribution in [0.4, 0.5) is 28.9 Å². The molecular weight excluding hydrogens is 942 g/mol. The van der Waals surface area contributed by atoms with Gasteiger partial charge in [0, 0.05) is 95.4 Å². The van der Waals surface area contributed by atoms with Crippen LogP contribution in [0.15, 0.2) is 66.9 Å². The zero-order valence-electron chi connectivity index (χ0n) is 39.5. The van der Waals surface area contributed by atoms with Crippen molar-refractivity contribution in [2.75, 3.05) is 37.4 Å². The van der Waals surface area contributed by atoms with Crippen molar-refractivity contribution in [1.29, 1.82) is 0 Å². The highest BCUT2D eigenvalue weighted by Crippen LogP contribution is 2.59. The summed E-state index contributed by atoms with van der Waals surface area (Å²) in [5, 5.41) is 11.8. The third kappa shape index (κ3) is 8.56. The number of alkyl halides is 3. The molecular formula is C53H52ClF4N7O6. The van der Waals surface area contributed by atoms with Gasteiger partial charge >= 0.3 is 6.18 Å². The molecule has 2 spiro atoms. The molecule has 3 saturated heterocycles. The first-order valence-corrected chi connectivity index (χ1v) is 24.2. The summed E-state index contributed by atoms with van der Waals surface area (Å²) in [4.78, 5) is 74.0. The van der Waals surface area contributed by atoms with Crippen molar-refractivity contribution < 1.29 is 46.3 Å². The Labute approximate surface area is 412 Å². The number of imide groups is 1. The minimum atomic E-state index is -4.71. The van der Waals surface area contributed by atoms with E-state index in [1.54, 1.807) is 42.5 Å². The number of nitrogens with one attached hydrogen (secondary N) is 4. The van der Waals surface area contributed by atoms with Gasteiger partial charge in [-0.3, -0.25) is 34.3 Å². The van der Waals surface area contributed by atoms with Crippen molar-refractivity contribution in [3.8, 4) is 17.6 Å². The highest BCUT2D eigenvalue weighted by atomic mass is 35.5. The van der Waals surface area contributed by atoms with Gasteiger partial charge in [-0.1, -0.05) is 62.4 Å². The number of anilines is 2. The Balaban J connectivity index is 0.873. The molecule has 1 aliphatic carbocycles. The molecule has 5 amide bonds. The first kappa shape index (κ1) is 48.1. The number of aromatic nitrogens is 1. The monoisotopic (exact) mass is 993 g/mol. The van der Waals surface area contributed by atoms with Gasteiger partial charge in [0.15, 0.2) is 0 Å². The van der Waals surface area contributed by atoms with Gasteiger partial charge in [0.1, 0.15) is 23.3 Å². The van der Waals surface area contributed by atoms with Crippen LogP contribution >= 0.6 is 11.6 Å². The van der Waals surface area contributed by atoms with Gasteiger partial charge in [-0.15, -0.1) is 0 Å². The highest BCUT2D eigenvalue weighted by molar-refractivity contribution is 6.30. The van der Waals surface area contributed by atoms with Gasteiger partial charge in [0.2, 0.25) is 17.7 Å². The Morgan fingerprint density at radius 1 is 1.06 bits per heavy atom. The first-order chi connectivity index (χ1) is 33.7. The SMILES string of the molecule is COc1cc(C(=O)N2CCC[C@]3(C[C@@H]3C#Cc3cccc4c3CN(C3CCC(=O)NC3=O)C4=O)C2)ccc1NC(=O)[C@@H]1N[C@@H](CC(C)(C)C)[C@@]2(CNc3cc(C(F)(F)F)ncc32)[C@H]1c1cccc(Cl)c1F. The smallest absolute Gasteiger partial charge is 0.433 e. The Morgan fingerprint density at radius 3 is 2.59 bits per heavy atom. The topological polar surface area (TPSA) is 162 Å². The van der Waals surface area contributed by atoms with Crippen LogP contribution in [0, 0.1) is 34.4 Å². The van der Waals surface area contributed by atoms with Crippen LogP contribution in [-0.2, 0) is 32.5 Å². The quantitative estimate of drug-likeness (QED) is 0.0823. The number of rotatable bonds is 7. The second-order valence-electron chi connectivity index (χ2n) is 20.9. The summed E-state index contributed by atoms with van der Waals surface area (Å²) in [7, 11) is 1.42. The number of methoxy groups -OCH3 is 1. The molecule has 370 valence electrons. The third-order valence-corrected chi connectivity index (χ3v) is 15.6. The molecule has 3 aromatic carbocycles. The Morgan fingerprint density at radius 2 is 1.85 bits per heavy atom. The number of ether oxygens (including phenoxy) is 1. The summed E-state index contributed by atoms with van der Waals surface area (Å²) >= 11 is 6.38. The van der Waals surface area contributed by atoms with E-state index in [4.69, 9.17) is 16.3 Å². The molecule has 4 N–H and O–H groups in total. The number of hydrogen-bond acceptors (Lipinski definition) is 9. The molecule has 4 fully saturated rings. The fourth-order valence-electron chi connectivity index (χ4n) is 11.9. The zero-order chi connectivity index (χ0) is 50.4. The number of carbonyl (C=O) groups excluding carboxylic acids is 5. The average Bonchev–Trinajstić information content (AvgIpc) is 3.54. The van der Waals surface area contributed by atoms with E-state index in [9.17, 15) is 37.1 Å². The summed E-state index contributed by atoms with van der Waals surface area (Å²) < 4.78 is 63.9. The van der Waals surface area contributed by atoms with Crippen molar-refractivity contribution in [3.63, 3.8) is 0 Å². The van der Waals surface area contributed by atoms with Crippen molar-refractivity contribution in [1.82, 2.24) is 25.4 Å². The first-order valence-electron chi connectivity index (χ1n) is 23.8. The lowest BCUT2D eigenvalue weighted by Crippen LogP contribution is -2.52. The number of hydrogen-bond donors (Lipinski definition) is 4. The van der Waals surface area contributed by atoms with E-state index >= 15 is 4.39 Å². The predicted molar refractivity (Wildman–Crippen MR) is 255 cm³/mol. The summed E-state index contributed by atoms with van der Waals surface area (Å²) in [5.41, 5.74) is 0.490. The van der Waals surface area contributed by atoms with Gasteiger partial charge in [-0.2, -0.15) is 13.2 Å². The van der Waals surface area contributed by atoms with Crippen LogP contribution in [0.2, 0.25) is 5.02 Å². The molecule has 1 saturated carbocycles. The van der Waals surface area contributed by atoms with E-state index in [0.717, 1.165) is 30.9 Å². The van der Waals surface area contributed by atoms with Crippen molar-refractivity contribution in [2.24, 2.45) is 16.7 Å². The lowest BCUT2D eigenvalue weighted by atomic mass is 9.63. The van der Waals surface area contributed by atoms with Crippen LogP contribution in [0.3, 0.4) is 0 Å². The Kier molecular flexibility index (Phi) is 12.0. The lowest BCUT2D eigenvalue weighted by Gasteiger charge is -2.39. The van der Waals surface area contributed by atoms with E-state index in [-0.39, 0.29) is 88.1 Å². The average molecular weight is 994 g/mol. The molecule has 10 rings (SSSR count). The number of pyridine rings is 1. The van der Waals surface area contributed by atoms with Crippen LogP contribution in [0.5, 0.6) is 5.75 Å². The van der Waals surface area contributed by atoms with Crippen molar-refractivity contribution in [3.05, 3.63) is 117 Å². The van der Waals surface area contributed by atoms with Gasteiger partial charge in [-0.25, -0.2) is 4.39 Å². The zero-order valence-corrected chi connectivity index (χ0v) is 40.2. The molecule has 7 atom stereocenters. The third-order valence-electron chi connectivity index (χ3n) is 15.3. The fraction of sp³-hybridized carbons (Fsp3) is 0.434. The molecule has 18 heteroatoms. The number of halogens is 5. The van der Waals surface area contributed by atoms with Gasteiger partial charge in [0.05, 0.1) is 23.9 Å². The molecule has 6 heterocycles. The number of amides is 5. The van der Waals surface area contributed by atoms with E-state index in [2.05, 4.69) is 38.1 Å². The van der Waals surface area contributed by atoms with Crippen LogP contribution in [0.1, 0.15) is 114 Å². The second-order valence-corrected chi connectivity index (χ2v) is 21.4. The number of fused-ring (bicyclic) bond motifs is 3. The Hall–Kier alpha value is -6.51. The van der Waals surface area contributed by atoms with E-state index in [1.807, 2.05) is 31.7 Å². The molecule has 0 bridgehead atoms. The minimum absolute atomic E-state index is 0.0158. The molecule has 6 aliphatic rings. The van der Waals surface area contributed by atoms with Crippen LogP contribution in [0.25, 0.3) is 0 Å². The summed E-state index contributed by atoms with van der Waals surface area (Å²) in [6, 6.07) is 13.2. The molecule has 1 unspecified atom stereocenters. The second kappa shape index (κ2) is 17.7. The number of nitrogens with zero attached hydrogens (tertiary/aromatic N) is 3. The maximum absolute atomic E-state index is 16.4. The Bertz CT molecular complexity index is 2990. The molecule has 1 aromatic heterocycles. The normalized spacial score (nSPS) is 26.7. The number of carbonyl (C=O) groups is 5. The largest absolute Gasteiger partial charge is 0.495 e. The van der Waals surface area contributed by atoms with Crippen molar-refractivity contribution >= 4 is 52.5 Å². The molecule has 0 radical (unpaired) electrons. The van der Waals surface area contributed by atoms with Gasteiger partial charge < -0.3 is 30.5 Å². The summed E-state index contributed by atoms with van der Waals surface area (Å²) in [5.74, 6) is 3.37. The van der Waals surface area contributed by atoms with E-state index in [1.165, 1.54) is 24.3 Å². The number of likely N-dealkylation sites (tertiary alicyclic amines) is 1. The number of benzene rings is 3. The van der Waals surface area contributed by atoms with Crippen LogP contribution < -0.4 is 26.0 Å². The predicted octanol–water partition coefficient (Wildman–Crippen LogP) is 7.82. The van der Waals surface area contributed by atoms with Gasteiger partial charge in [-0.05, 0) is 91.1 Å². The van der Waals surface area contributed by atoms with Crippen molar-refractivity contribution in [2.45, 2.75) is 101 Å². The summed E-state index contributed by atoms with van der Waals surface area (Å²) in [6.07, 6.45) is -0.185. The molecule has 71 heavy (non-hydrogen) atoms. The van der Waals surface area contributed by atoms with Crippen LogP contribution in [-0.4, -0.2) is 89.2 Å². The van der Waals surface area contributed by atoms with E-state index < -0.39 is 59.0 Å². The fourth-order valence-corrected chi connectivity index (χ4v) is 12.0. The molecule has 13 nitrogen and oxygen atoms in total. The molecule has 5 aliphatic heterocycles.